The van der Waals surface area contributed by atoms with Gasteiger partial charge in [0.15, 0.2) is 0 Å². The maximum Gasteiger partial charge on any atom is 0.0923 e. The van der Waals surface area contributed by atoms with Gasteiger partial charge in [-0.2, -0.15) is 16.4 Å². The summed E-state index contributed by atoms with van der Waals surface area (Å²) in [5, 5.41) is 18.5. The van der Waals surface area contributed by atoms with Crippen molar-refractivity contribution in [3.05, 3.63) is 53.4 Å². The minimum absolute atomic E-state index is 0.338. The van der Waals surface area contributed by atoms with E-state index >= 15 is 0 Å². The van der Waals surface area contributed by atoms with E-state index in [1.807, 2.05) is 19.2 Å². The van der Waals surface area contributed by atoms with Gasteiger partial charge in [0.05, 0.1) is 18.3 Å². The fourth-order valence-corrected chi connectivity index (χ4v) is 2.91. The molecule has 0 amide bonds. The predicted molar refractivity (Wildman–Crippen MR) is 87.3 cm³/mol. The molecular weight excluding hydrogens is 280 g/mol. The normalized spacial score (nSPS) is 12.5. The SMILES string of the molecule is CC[C@@H](O)Cn1ccc(-c2cccc(-c3ccsc3)c2)n1. The molecule has 2 aromatic heterocycles. The lowest BCUT2D eigenvalue weighted by molar-refractivity contribution is 0.145. The lowest BCUT2D eigenvalue weighted by Crippen LogP contribution is -2.14. The van der Waals surface area contributed by atoms with Gasteiger partial charge in [-0.15, -0.1) is 0 Å². The van der Waals surface area contributed by atoms with Gasteiger partial charge in [-0.05, 0) is 46.5 Å². The van der Waals surface area contributed by atoms with E-state index in [1.54, 1.807) is 16.0 Å². The summed E-state index contributed by atoms with van der Waals surface area (Å²) in [6.07, 6.45) is 2.32. The van der Waals surface area contributed by atoms with E-state index < -0.39 is 0 Å². The van der Waals surface area contributed by atoms with Crippen LogP contribution in [0, 0.1) is 0 Å². The molecule has 21 heavy (non-hydrogen) atoms. The summed E-state index contributed by atoms with van der Waals surface area (Å²) < 4.78 is 1.81. The molecular formula is C17H18N2OS. The molecule has 0 bridgehead atoms. The number of thiophene rings is 1. The Bertz CT molecular complexity index is 703. The molecule has 1 N–H and O–H groups in total. The number of rotatable bonds is 5. The van der Waals surface area contributed by atoms with Crippen LogP contribution in [0.25, 0.3) is 22.4 Å². The topological polar surface area (TPSA) is 38.0 Å². The standard InChI is InChI=1S/C17H18N2OS/c1-2-16(20)11-19-8-6-17(18-19)14-5-3-4-13(10-14)15-7-9-21-12-15/h3-10,12,16,20H,2,11H2,1H3/t16-/m1/s1. The first-order valence-electron chi connectivity index (χ1n) is 7.11. The van der Waals surface area contributed by atoms with Crippen LogP contribution in [0.3, 0.4) is 0 Å². The Hall–Kier alpha value is -1.91. The molecule has 3 rings (SSSR count). The second-order valence-electron chi connectivity index (χ2n) is 5.08. The number of aliphatic hydroxyl groups is 1. The number of hydrogen-bond acceptors (Lipinski definition) is 3. The third-order valence-corrected chi connectivity index (χ3v) is 4.21. The van der Waals surface area contributed by atoms with Crippen LogP contribution in [0.15, 0.2) is 53.4 Å². The van der Waals surface area contributed by atoms with Crippen molar-refractivity contribution in [2.45, 2.75) is 26.0 Å². The molecule has 0 saturated carbocycles. The summed E-state index contributed by atoms with van der Waals surface area (Å²) in [6, 6.07) is 12.5. The van der Waals surface area contributed by atoms with Crippen LogP contribution in [0.1, 0.15) is 13.3 Å². The quantitative estimate of drug-likeness (QED) is 0.771. The zero-order valence-electron chi connectivity index (χ0n) is 11.9. The van der Waals surface area contributed by atoms with Gasteiger partial charge >= 0.3 is 0 Å². The molecule has 0 aliphatic rings. The smallest absolute Gasteiger partial charge is 0.0923 e. The van der Waals surface area contributed by atoms with Crippen molar-refractivity contribution in [1.29, 1.82) is 0 Å². The maximum atomic E-state index is 9.70. The highest BCUT2D eigenvalue weighted by Crippen LogP contribution is 2.26. The summed E-state index contributed by atoms with van der Waals surface area (Å²) in [7, 11) is 0. The van der Waals surface area contributed by atoms with Gasteiger partial charge in [0.2, 0.25) is 0 Å². The Kier molecular flexibility index (Phi) is 4.18. The van der Waals surface area contributed by atoms with E-state index in [4.69, 9.17) is 0 Å². The first-order valence-corrected chi connectivity index (χ1v) is 8.05. The van der Waals surface area contributed by atoms with Gasteiger partial charge in [-0.1, -0.05) is 25.1 Å². The van der Waals surface area contributed by atoms with Crippen LogP contribution < -0.4 is 0 Å². The predicted octanol–water partition coefficient (Wildman–Crippen LogP) is 4.05. The minimum Gasteiger partial charge on any atom is -0.391 e. The van der Waals surface area contributed by atoms with Gasteiger partial charge in [-0.3, -0.25) is 4.68 Å². The summed E-state index contributed by atoms with van der Waals surface area (Å²) in [5.41, 5.74) is 4.48. The van der Waals surface area contributed by atoms with Crippen LogP contribution in [-0.4, -0.2) is 21.0 Å². The molecule has 0 spiro atoms. The van der Waals surface area contributed by atoms with Gasteiger partial charge in [-0.25, -0.2) is 0 Å². The first kappa shape index (κ1) is 14.0. The number of aliphatic hydroxyl groups excluding tert-OH is 1. The van der Waals surface area contributed by atoms with Crippen molar-refractivity contribution in [3.63, 3.8) is 0 Å². The highest BCUT2D eigenvalue weighted by Gasteiger charge is 2.07. The molecule has 0 fully saturated rings. The zero-order chi connectivity index (χ0) is 14.7. The molecule has 0 saturated heterocycles. The Morgan fingerprint density at radius 3 is 2.81 bits per heavy atom. The Morgan fingerprint density at radius 2 is 2.05 bits per heavy atom. The molecule has 0 aliphatic heterocycles. The highest BCUT2D eigenvalue weighted by molar-refractivity contribution is 7.08. The average molecular weight is 298 g/mol. The van der Waals surface area contributed by atoms with Gasteiger partial charge in [0.25, 0.3) is 0 Å². The molecule has 1 atom stereocenters. The molecule has 4 heteroatoms. The van der Waals surface area contributed by atoms with Crippen molar-refractivity contribution < 1.29 is 5.11 Å². The average Bonchev–Trinajstić information content (AvgIpc) is 3.19. The largest absolute Gasteiger partial charge is 0.391 e. The number of hydrogen-bond donors (Lipinski definition) is 1. The van der Waals surface area contributed by atoms with Crippen molar-refractivity contribution >= 4 is 11.3 Å². The van der Waals surface area contributed by atoms with Crippen LogP contribution in [-0.2, 0) is 6.54 Å². The van der Waals surface area contributed by atoms with Crippen LogP contribution in [0.2, 0.25) is 0 Å². The van der Waals surface area contributed by atoms with Crippen LogP contribution in [0.5, 0.6) is 0 Å². The summed E-state index contributed by atoms with van der Waals surface area (Å²) >= 11 is 1.70. The van der Waals surface area contributed by atoms with Crippen LogP contribution in [0.4, 0.5) is 0 Å². The fraction of sp³-hybridized carbons (Fsp3) is 0.235. The van der Waals surface area contributed by atoms with Crippen molar-refractivity contribution in [1.82, 2.24) is 9.78 Å². The van der Waals surface area contributed by atoms with E-state index in [2.05, 4.69) is 46.2 Å². The monoisotopic (exact) mass is 298 g/mol. The first-order chi connectivity index (χ1) is 10.3. The van der Waals surface area contributed by atoms with E-state index in [1.165, 1.54) is 11.1 Å². The lowest BCUT2D eigenvalue weighted by Gasteiger charge is -2.07. The molecule has 0 unspecified atom stereocenters. The van der Waals surface area contributed by atoms with Crippen molar-refractivity contribution in [2.75, 3.05) is 0 Å². The third kappa shape index (κ3) is 3.23. The molecule has 108 valence electrons. The number of aromatic nitrogens is 2. The van der Waals surface area contributed by atoms with E-state index in [-0.39, 0.29) is 6.10 Å². The summed E-state index contributed by atoms with van der Waals surface area (Å²) in [6.45, 7) is 2.51. The van der Waals surface area contributed by atoms with Crippen molar-refractivity contribution in [3.8, 4) is 22.4 Å². The van der Waals surface area contributed by atoms with E-state index in [9.17, 15) is 5.11 Å². The molecule has 1 aromatic carbocycles. The van der Waals surface area contributed by atoms with Gasteiger partial charge in [0, 0.05) is 11.8 Å². The maximum absolute atomic E-state index is 9.70. The lowest BCUT2D eigenvalue weighted by atomic mass is 10.0. The van der Waals surface area contributed by atoms with Crippen LogP contribution >= 0.6 is 11.3 Å². The summed E-state index contributed by atoms with van der Waals surface area (Å²) in [5.74, 6) is 0. The second-order valence-corrected chi connectivity index (χ2v) is 5.86. The van der Waals surface area contributed by atoms with Gasteiger partial charge in [0.1, 0.15) is 0 Å². The Balaban J connectivity index is 1.86. The third-order valence-electron chi connectivity index (χ3n) is 3.52. The van der Waals surface area contributed by atoms with E-state index in [0.29, 0.717) is 6.54 Å². The second kappa shape index (κ2) is 6.24. The van der Waals surface area contributed by atoms with Gasteiger partial charge < -0.3 is 5.11 Å². The fourth-order valence-electron chi connectivity index (χ4n) is 2.25. The Labute approximate surface area is 128 Å². The number of benzene rings is 1. The molecule has 0 aliphatic carbocycles. The zero-order valence-corrected chi connectivity index (χ0v) is 12.8. The number of nitrogens with zero attached hydrogens (tertiary/aromatic N) is 2. The molecule has 3 nitrogen and oxygen atoms in total. The molecule has 0 radical (unpaired) electrons. The Morgan fingerprint density at radius 1 is 1.19 bits per heavy atom. The van der Waals surface area contributed by atoms with Crippen molar-refractivity contribution in [2.24, 2.45) is 0 Å². The minimum atomic E-state index is -0.338. The summed E-state index contributed by atoms with van der Waals surface area (Å²) in [4.78, 5) is 0. The molecule has 3 aromatic rings. The van der Waals surface area contributed by atoms with E-state index in [0.717, 1.165) is 17.7 Å². The molecule has 2 heterocycles. The highest BCUT2D eigenvalue weighted by atomic mass is 32.1.